The van der Waals surface area contributed by atoms with Crippen molar-refractivity contribution in [1.82, 2.24) is 15.1 Å². The highest BCUT2D eigenvalue weighted by atomic mass is 16.3. The molecule has 2 heterocycles. The zero-order chi connectivity index (χ0) is 26.1. The molecule has 7 nitrogen and oxygen atoms in total. The van der Waals surface area contributed by atoms with Crippen molar-refractivity contribution in [2.45, 2.75) is 70.8 Å². The Morgan fingerprint density at radius 2 is 1.86 bits per heavy atom. The standard InChI is InChI=1S/C30H35N3O4/c1-19(2)27(33-17-23-9-5-6-10-25(23)29(33)36)30(37)32-18-24(34)15-26(32)28(35)31-16-20-11-13-22(14-12-20)21-7-3-4-8-21/h5-7,9-14,19,24,26-27,34H,3-4,8,15-18H2,1-2H3,(H,31,35)/t24-,26+,27+/m1/s1. The first-order chi connectivity index (χ1) is 17.8. The van der Waals surface area contributed by atoms with Gasteiger partial charge in [0.25, 0.3) is 5.91 Å². The maximum Gasteiger partial charge on any atom is 0.255 e. The molecule has 2 aromatic rings. The summed E-state index contributed by atoms with van der Waals surface area (Å²) < 4.78 is 0. The van der Waals surface area contributed by atoms with Crippen LogP contribution in [0.25, 0.3) is 5.57 Å². The fourth-order valence-corrected chi connectivity index (χ4v) is 5.83. The number of β-amino-alcohol motifs (C(OH)–C–C–N with tert-alkyl or cyclic N) is 1. The minimum absolute atomic E-state index is 0.0823. The van der Waals surface area contributed by atoms with E-state index in [4.69, 9.17) is 0 Å². The van der Waals surface area contributed by atoms with E-state index >= 15 is 0 Å². The van der Waals surface area contributed by atoms with E-state index in [1.54, 1.807) is 11.0 Å². The molecule has 1 fully saturated rings. The smallest absolute Gasteiger partial charge is 0.255 e. The SMILES string of the molecule is CC(C)[C@@H](C(=O)N1C[C@H](O)C[C@H]1C(=O)NCc1ccc(C2=CCCC2)cc1)N1Cc2ccccc2C1=O. The van der Waals surface area contributed by atoms with Gasteiger partial charge in [-0.05, 0) is 53.5 Å². The van der Waals surface area contributed by atoms with Crippen LogP contribution >= 0.6 is 0 Å². The lowest BCUT2D eigenvalue weighted by molar-refractivity contribution is -0.143. The largest absolute Gasteiger partial charge is 0.391 e. The summed E-state index contributed by atoms with van der Waals surface area (Å²) in [7, 11) is 0. The van der Waals surface area contributed by atoms with Crippen LogP contribution in [-0.4, -0.2) is 57.4 Å². The number of hydrogen-bond acceptors (Lipinski definition) is 4. The van der Waals surface area contributed by atoms with Crippen LogP contribution in [0, 0.1) is 5.92 Å². The molecule has 2 aromatic carbocycles. The number of nitrogens with one attached hydrogen (secondary N) is 1. The van der Waals surface area contributed by atoms with Gasteiger partial charge in [-0.3, -0.25) is 14.4 Å². The highest BCUT2D eigenvalue weighted by molar-refractivity contribution is 6.01. The molecule has 0 aromatic heterocycles. The maximum atomic E-state index is 13.8. The van der Waals surface area contributed by atoms with E-state index < -0.39 is 18.2 Å². The number of benzene rings is 2. The van der Waals surface area contributed by atoms with Crippen molar-refractivity contribution >= 4 is 23.3 Å². The van der Waals surface area contributed by atoms with Crippen LogP contribution in [0.3, 0.4) is 0 Å². The van der Waals surface area contributed by atoms with Gasteiger partial charge < -0.3 is 20.2 Å². The Morgan fingerprint density at radius 3 is 2.54 bits per heavy atom. The summed E-state index contributed by atoms with van der Waals surface area (Å²) in [6.07, 6.45) is 5.13. The summed E-state index contributed by atoms with van der Waals surface area (Å²) in [4.78, 5) is 43.2. The number of hydrogen-bond donors (Lipinski definition) is 2. The van der Waals surface area contributed by atoms with E-state index in [0.717, 1.165) is 24.0 Å². The first kappa shape index (κ1) is 25.2. The van der Waals surface area contributed by atoms with Crippen LogP contribution < -0.4 is 5.32 Å². The molecule has 0 unspecified atom stereocenters. The number of carbonyl (C=O) groups excluding carboxylic acids is 3. The average molecular weight is 502 g/mol. The highest BCUT2D eigenvalue weighted by Crippen LogP contribution is 2.30. The molecule has 2 aliphatic heterocycles. The van der Waals surface area contributed by atoms with E-state index in [9.17, 15) is 19.5 Å². The van der Waals surface area contributed by atoms with Crippen LogP contribution in [-0.2, 0) is 22.7 Å². The normalized spacial score (nSPS) is 21.8. The molecule has 7 heteroatoms. The first-order valence-electron chi connectivity index (χ1n) is 13.3. The zero-order valence-corrected chi connectivity index (χ0v) is 21.5. The van der Waals surface area contributed by atoms with Gasteiger partial charge in [0.2, 0.25) is 11.8 Å². The van der Waals surface area contributed by atoms with Crippen LogP contribution in [0.1, 0.15) is 66.6 Å². The van der Waals surface area contributed by atoms with E-state index in [1.165, 1.54) is 22.5 Å². The minimum atomic E-state index is -0.780. The van der Waals surface area contributed by atoms with Crippen LogP contribution in [0.4, 0.5) is 0 Å². The molecule has 5 rings (SSSR count). The lowest BCUT2D eigenvalue weighted by atomic mass is 10.00. The topological polar surface area (TPSA) is 89.9 Å². The first-order valence-corrected chi connectivity index (χ1v) is 13.3. The number of carbonyl (C=O) groups is 3. The fourth-order valence-electron chi connectivity index (χ4n) is 5.83. The second-order valence-corrected chi connectivity index (χ2v) is 10.7. The fraction of sp³-hybridized carbons (Fsp3) is 0.433. The monoisotopic (exact) mass is 501 g/mol. The van der Waals surface area contributed by atoms with Gasteiger partial charge in [-0.15, -0.1) is 0 Å². The maximum absolute atomic E-state index is 13.8. The lowest BCUT2D eigenvalue weighted by Gasteiger charge is -2.35. The number of aliphatic hydroxyl groups excluding tert-OH is 1. The summed E-state index contributed by atoms with van der Waals surface area (Å²) in [6, 6.07) is 14.1. The van der Waals surface area contributed by atoms with Gasteiger partial charge in [0.05, 0.1) is 6.10 Å². The van der Waals surface area contributed by atoms with Crippen molar-refractivity contribution in [1.29, 1.82) is 0 Å². The predicted molar refractivity (Wildman–Crippen MR) is 141 cm³/mol. The van der Waals surface area contributed by atoms with Crippen molar-refractivity contribution in [3.63, 3.8) is 0 Å². The van der Waals surface area contributed by atoms with Crippen molar-refractivity contribution in [2.24, 2.45) is 5.92 Å². The van der Waals surface area contributed by atoms with Gasteiger partial charge in [0, 0.05) is 31.6 Å². The van der Waals surface area contributed by atoms with Gasteiger partial charge in [0.15, 0.2) is 0 Å². The molecule has 0 spiro atoms. The molecule has 1 saturated heterocycles. The Kier molecular flexibility index (Phi) is 7.15. The Labute approximate surface area is 218 Å². The molecule has 1 aliphatic carbocycles. The van der Waals surface area contributed by atoms with Crippen LogP contribution in [0.5, 0.6) is 0 Å². The summed E-state index contributed by atoms with van der Waals surface area (Å²) in [5.41, 5.74) is 5.10. The Hall–Kier alpha value is -3.45. The summed E-state index contributed by atoms with van der Waals surface area (Å²) in [6.45, 7) is 4.61. The molecule has 0 radical (unpaired) electrons. The second-order valence-electron chi connectivity index (χ2n) is 10.7. The van der Waals surface area contributed by atoms with E-state index in [2.05, 4.69) is 23.5 Å². The van der Waals surface area contributed by atoms with Gasteiger partial charge >= 0.3 is 0 Å². The van der Waals surface area contributed by atoms with E-state index in [-0.39, 0.29) is 36.6 Å². The minimum Gasteiger partial charge on any atom is -0.391 e. The third-order valence-corrected chi connectivity index (χ3v) is 7.77. The highest BCUT2D eigenvalue weighted by Gasteiger charge is 2.45. The van der Waals surface area contributed by atoms with Gasteiger partial charge in [-0.2, -0.15) is 0 Å². The molecule has 3 atom stereocenters. The van der Waals surface area contributed by atoms with Crippen molar-refractivity contribution in [2.75, 3.05) is 6.54 Å². The summed E-state index contributed by atoms with van der Waals surface area (Å²) >= 11 is 0. The molecule has 3 amide bonds. The molecule has 0 bridgehead atoms. The molecule has 3 aliphatic rings. The lowest BCUT2D eigenvalue weighted by Crippen LogP contribution is -2.55. The zero-order valence-electron chi connectivity index (χ0n) is 21.5. The molecule has 194 valence electrons. The van der Waals surface area contributed by atoms with Gasteiger partial charge in [-0.1, -0.05) is 62.4 Å². The van der Waals surface area contributed by atoms with Crippen molar-refractivity contribution < 1.29 is 19.5 Å². The number of nitrogens with zero attached hydrogens (tertiary/aromatic N) is 2. The quantitative estimate of drug-likeness (QED) is 0.608. The van der Waals surface area contributed by atoms with E-state index in [1.807, 2.05) is 44.2 Å². The van der Waals surface area contributed by atoms with E-state index in [0.29, 0.717) is 18.7 Å². The Morgan fingerprint density at radius 1 is 1.11 bits per heavy atom. The molecule has 37 heavy (non-hydrogen) atoms. The van der Waals surface area contributed by atoms with Crippen molar-refractivity contribution in [3.8, 4) is 0 Å². The Bertz CT molecular complexity index is 1220. The number of allylic oxidation sites excluding steroid dienone is 2. The third-order valence-electron chi connectivity index (χ3n) is 7.77. The molecular weight excluding hydrogens is 466 g/mol. The number of amides is 3. The molecule has 2 N–H and O–H groups in total. The predicted octanol–water partition coefficient (Wildman–Crippen LogP) is 3.51. The second kappa shape index (κ2) is 10.5. The van der Waals surface area contributed by atoms with Gasteiger partial charge in [-0.25, -0.2) is 0 Å². The molecule has 0 saturated carbocycles. The number of aliphatic hydroxyl groups is 1. The summed E-state index contributed by atoms with van der Waals surface area (Å²) in [5, 5.41) is 13.4. The third kappa shape index (κ3) is 5.05. The van der Waals surface area contributed by atoms with Crippen LogP contribution in [0.15, 0.2) is 54.6 Å². The number of rotatable bonds is 7. The number of likely N-dealkylation sites (tertiary alicyclic amines) is 1. The Balaban J connectivity index is 1.26. The number of fused-ring (bicyclic) bond motifs is 1. The summed E-state index contributed by atoms with van der Waals surface area (Å²) in [5.74, 6) is -0.894. The van der Waals surface area contributed by atoms with Crippen LogP contribution in [0.2, 0.25) is 0 Å². The van der Waals surface area contributed by atoms with Crippen molar-refractivity contribution in [3.05, 3.63) is 76.9 Å². The average Bonchev–Trinajstić information content (AvgIpc) is 3.63. The molecular formula is C30H35N3O4. The van der Waals surface area contributed by atoms with Gasteiger partial charge in [0.1, 0.15) is 12.1 Å².